The number of amides is 1. The summed E-state index contributed by atoms with van der Waals surface area (Å²) in [5.74, 6) is -4.83. The molecule has 0 heterocycles. The van der Waals surface area contributed by atoms with E-state index in [0.29, 0.717) is 12.0 Å². The van der Waals surface area contributed by atoms with E-state index in [0.717, 1.165) is 5.56 Å². The van der Waals surface area contributed by atoms with Gasteiger partial charge in [0, 0.05) is 5.75 Å². The quantitative estimate of drug-likeness (QED) is 0.458. The predicted molar refractivity (Wildman–Crippen MR) is 108 cm³/mol. The van der Waals surface area contributed by atoms with Crippen molar-refractivity contribution in [2.24, 2.45) is 11.8 Å². The van der Waals surface area contributed by atoms with E-state index < -0.39 is 35.7 Å². The van der Waals surface area contributed by atoms with E-state index >= 15 is 0 Å². The minimum atomic E-state index is -1.54. The van der Waals surface area contributed by atoms with Crippen molar-refractivity contribution >= 4 is 30.5 Å². The van der Waals surface area contributed by atoms with Gasteiger partial charge in [0.1, 0.15) is 6.04 Å². The highest BCUT2D eigenvalue weighted by Gasteiger charge is 2.36. The van der Waals surface area contributed by atoms with Crippen LogP contribution in [0.25, 0.3) is 0 Å². The average Bonchev–Trinajstić information content (AvgIpc) is 2.69. The maximum absolute atomic E-state index is 12.7. The molecule has 2 aromatic carbocycles. The number of carbonyl (C=O) groups excluding carboxylic acids is 1. The van der Waals surface area contributed by atoms with Crippen LogP contribution in [0.15, 0.2) is 60.7 Å². The van der Waals surface area contributed by atoms with Gasteiger partial charge in [0.05, 0.1) is 11.8 Å². The Labute approximate surface area is 169 Å². The normalized spacial score (nSPS) is 13.9. The lowest BCUT2D eigenvalue weighted by molar-refractivity contribution is -0.152. The Bertz CT molecular complexity index is 797. The molecule has 0 bridgehead atoms. The number of aliphatic carboxylic acids is 2. The molecule has 0 saturated heterocycles. The van der Waals surface area contributed by atoms with E-state index in [1.54, 1.807) is 30.3 Å². The minimum Gasteiger partial charge on any atom is -0.481 e. The summed E-state index contributed by atoms with van der Waals surface area (Å²) in [6.45, 7) is 0. The zero-order chi connectivity index (χ0) is 20.5. The summed E-state index contributed by atoms with van der Waals surface area (Å²) in [5, 5.41) is 21.6. The Kier molecular flexibility index (Phi) is 8.07. The van der Waals surface area contributed by atoms with Gasteiger partial charge in [-0.25, -0.2) is 4.79 Å². The van der Waals surface area contributed by atoms with Gasteiger partial charge in [-0.05, 0) is 24.0 Å². The number of hydrogen-bond donors (Lipinski definition) is 4. The highest BCUT2D eigenvalue weighted by molar-refractivity contribution is 7.80. The molecule has 0 fully saturated rings. The van der Waals surface area contributed by atoms with Gasteiger partial charge >= 0.3 is 11.9 Å². The van der Waals surface area contributed by atoms with Crippen LogP contribution in [-0.2, 0) is 27.2 Å². The highest BCUT2D eigenvalue weighted by atomic mass is 32.1. The van der Waals surface area contributed by atoms with Crippen LogP contribution in [0, 0.1) is 11.8 Å². The summed E-state index contributed by atoms with van der Waals surface area (Å²) < 4.78 is 0. The van der Waals surface area contributed by atoms with E-state index in [-0.39, 0.29) is 12.2 Å². The topological polar surface area (TPSA) is 104 Å². The molecule has 6 nitrogen and oxygen atoms in total. The standard InChI is InChI=1S/C21H23NO5S/c23-19(16(13-28)11-14-7-3-1-4-8-14)22-18(21(26)27)17(20(24)25)12-15-9-5-2-6-10-15/h1-10,16-18,28H,11-13H2,(H,22,23)(H,24,25)(H,26,27)/t16-,17-,18-/m0/s1. The third-order valence-electron chi connectivity index (χ3n) is 4.50. The number of nitrogens with one attached hydrogen (secondary N) is 1. The van der Waals surface area contributed by atoms with Crippen molar-refractivity contribution in [3.05, 3.63) is 71.8 Å². The fraction of sp³-hybridized carbons (Fsp3) is 0.286. The Hall–Kier alpha value is -2.80. The predicted octanol–water partition coefficient (Wildman–Crippen LogP) is 2.29. The van der Waals surface area contributed by atoms with Crippen molar-refractivity contribution in [3.63, 3.8) is 0 Å². The molecular weight excluding hydrogens is 378 g/mol. The highest BCUT2D eigenvalue weighted by Crippen LogP contribution is 2.16. The SMILES string of the molecule is O=C(N[C@H](C(=O)O)[C@H](Cc1ccccc1)C(=O)O)[C@H](CS)Cc1ccccc1. The van der Waals surface area contributed by atoms with Crippen LogP contribution in [-0.4, -0.2) is 39.9 Å². The molecular formula is C21H23NO5S. The Morgan fingerprint density at radius 3 is 1.75 bits per heavy atom. The van der Waals surface area contributed by atoms with E-state index in [1.165, 1.54) is 0 Å². The summed E-state index contributed by atoms with van der Waals surface area (Å²) in [4.78, 5) is 36.1. The zero-order valence-electron chi connectivity index (χ0n) is 15.2. The summed E-state index contributed by atoms with van der Waals surface area (Å²) >= 11 is 4.21. The van der Waals surface area contributed by atoms with E-state index in [2.05, 4.69) is 17.9 Å². The minimum absolute atomic E-state index is 0.00233. The van der Waals surface area contributed by atoms with Crippen molar-refractivity contribution in [3.8, 4) is 0 Å². The number of carboxylic acids is 2. The monoisotopic (exact) mass is 401 g/mol. The molecule has 1 amide bonds. The smallest absolute Gasteiger partial charge is 0.327 e. The van der Waals surface area contributed by atoms with Crippen molar-refractivity contribution < 1.29 is 24.6 Å². The number of rotatable bonds is 10. The van der Waals surface area contributed by atoms with Gasteiger partial charge in [0.25, 0.3) is 0 Å². The Balaban J connectivity index is 2.15. The lowest BCUT2D eigenvalue weighted by Crippen LogP contribution is -2.51. The third kappa shape index (κ3) is 6.13. The van der Waals surface area contributed by atoms with Crippen molar-refractivity contribution in [2.45, 2.75) is 18.9 Å². The van der Waals surface area contributed by atoms with E-state index in [4.69, 9.17) is 0 Å². The molecule has 7 heteroatoms. The fourth-order valence-corrected chi connectivity index (χ4v) is 3.26. The van der Waals surface area contributed by atoms with Crippen LogP contribution < -0.4 is 5.32 Å². The maximum Gasteiger partial charge on any atom is 0.327 e. The summed E-state index contributed by atoms with van der Waals surface area (Å²) in [5.41, 5.74) is 1.60. The average molecular weight is 401 g/mol. The first-order chi connectivity index (χ1) is 13.4. The largest absolute Gasteiger partial charge is 0.481 e. The number of thiol groups is 1. The number of carboxylic acid groups (broad SMARTS) is 2. The lowest BCUT2D eigenvalue weighted by atomic mass is 9.91. The van der Waals surface area contributed by atoms with Crippen LogP contribution in [0.2, 0.25) is 0 Å². The zero-order valence-corrected chi connectivity index (χ0v) is 16.1. The molecule has 148 valence electrons. The third-order valence-corrected chi connectivity index (χ3v) is 4.94. The molecule has 28 heavy (non-hydrogen) atoms. The van der Waals surface area contributed by atoms with Gasteiger partial charge in [-0.15, -0.1) is 0 Å². The molecule has 0 spiro atoms. The molecule has 0 saturated carbocycles. The molecule has 3 atom stereocenters. The van der Waals surface area contributed by atoms with Gasteiger partial charge in [-0.2, -0.15) is 12.6 Å². The number of carbonyl (C=O) groups is 3. The molecule has 0 aliphatic rings. The molecule has 0 radical (unpaired) electrons. The van der Waals surface area contributed by atoms with Gasteiger partial charge in [0.15, 0.2) is 0 Å². The first-order valence-corrected chi connectivity index (χ1v) is 9.50. The van der Waals surface area contributed by atoms with Gasteiger partial charge in [0.2, 0.25) is 5.91 Å². The second-order valence-electron chi connectivity index (χ2n) is 6.53. The second-order valence-corrected chi connectivity index (χ2v) is 6.89. The van der Waals surface area contributed by atoms with Crippen LogP contribution in [0.3, 0.4) is 0 Å². The number of hydrogen-bond acceptors (Lipinski definition) is 4. The Morgan fingerprint density at radius 2 is 1.32 bits per heavy atom. The van der Waals surface area contributed by atoms with Gasteiger partial charge in [-0.3, -0.25) is 9.59 Å². The van der Waals surface area contributed by atoms with Gasteiger partial charge < -0.3 is 15.5 Å². The lowest BCUT2D eigenvalue weighted by Gasteiger charge is -2.24. The van der Waals surface area contributed by atoms with Crippen LogP contribution in [0.4, 0.5) is 0 Å². The van der Waals surface area contributed by atoms with Crippen LogP contribution in [0.5, 0.6) is 0 Å². The first kappa shape index (κ1) is 21.5. The molecule has 0 aliphatic heterocycles. The van der Waals surface area contributed by atoms with Gasteiger partial charge in [-0.1, -0.05) is 60.7 Å². The fourth-order valence-electron chi connectivity index (χ4n) is 2.96. The molecule has 2 aromatic rings. The molecule has 0 aliphatic carbocycles. The molecule has 3 N–H and O–H groups in total. The van der Waals surface area contributed by atoms with Crippen molar-refractivity contribution in [2.75, 3.05) is 5.75 Å². The molecule has 0 unspecified atom stereocenters. The summed E-state index contributed by atoms with van der Waals surface area (Å²) in [6.07, 6.45) is 0.385. The van der Waals surface area contributed by atoms with E-state index in [1.807, 2.05) is 30.3 Å². The van der Waals surface area contributed by atoms with Crippen molar-refractivity contribution in [1.82, 2.24) is 5.32 Å². The number of benzene rings is 2. The molecule has 0 aromatic heterocycles. The van der Waals surface area contributed by atoms with E-state index in [9.17, 15) is 24.6 Å². The first-order valence-electron chi connectivity index (χ1n) is 8.87. The maximum atomic E-state index is 12.7. The summed E-state index contributed by atoms with van der Waals surface area (Å²) in [7, 11) is 0. The second kappa shape index (κ2) is 10.5. The van der Waals surface area contributed by atoms with Crippen molar-refractivity contribution in [1.29, 1.82) is 0 Å². The molecule has 2 rings (SSSR count). The Morgan fingerprint density at radius 1 is 0.821 bits per heavy atom. The summed E-state index contributed by atoms with van der Waals surface area (Å²) in [6, 6.07) is 16.5. The van der Waals surface area contributed by atoms with Crippen LogP contribution in [0.1, 0.15) is 11.1 Å². The van der Waals surface area contributed by atoms with Crippen LogP contribution >= 0.6 is 12.6 Å².